The van der Waals surface area contributed by atoms with E-state index in [0.717, 1.165) is 61.1 Å². The van der Waals surface area contributed by atoms with Crippen LogP contribution in [0.2, 0.25) is 0 Å². The Hall–Kier alpha value is -8.46. The minimum Gasteiger partial charge on any atom is -0.455 e. The zero-order valence-electron chi connectivity index (χ0n) is 35.5. The van der Waals surface area contributed by atoms with Crippen molar-refractivity contribution in [3.63, 3.8) is 0 Å². The van der Waals surface area contributed by atoms with E-state index in [9.17, 15) is 0 Å². The minimum atomic E-state index is -0.524. The fourth-order valence-electron chi connectivity index (χ4n) is 10.9. The molecule has 0 unspecified atom stereocenters. The van der Waals surface area contributed by atoms with Crippen LogP contribution in [0.1, 0.15) is 22.3 Å². The number of nitrogens with zero attached hydrogens (tertiary/aromatic N) is 1. The predicted molar refractivity (Wildman–Crippen MR) is 272 cm³/mol. The van der Waals surface area contributed by atoms with Gasteiger partial charge in [-0.25, -0.2) is 0 Å². The Morgan fingerprint density at radius 1 is 0.354 bits per heavy atom. The van der Waals surface area contributed by atoms with E-state index in [2.05, 4.69) is 254 Å². The Bertz CT molecular complexity index is 3730. The summed E-state index contributed by atoms with van der Waals surface area (Å²) in [6.45, 7) is 0. The second-order valence-electron chi connectivity index (χ2n) is 17.2. The van der Waals surface area contributed by atoms with Crippen molar-refractivity contribution >= 4 is 60.5 Å². The number of anilines is 3. The first-order valence-corrected chi connectivity index (χ1v) is 22.4. The van der Waals surface area contributed by atoms with E-state index in [-0.39, 0.29) is 0 Å². The quantitative estimate of drug-likeness (QED) is 0.159. The molecule has 0 N–H and O–H groups in total. The Kier molecular flexibility index (Phi) is 8.47. The van der Waals surface area contributed by atoms with Crippen LogP contribution in [-0.4, -0.2) is 0 Å². The molecule has 2 heteroatoms. The van der Waals surface area contributed by atoms with Crippen LogP contribution in [0.3, 0.4) is 0 Å². The number of hydrogen-bond acceptors (Lipinski definition) is 2. The van der Waals surface area contributed by atoms with Crippen LogP contribution < -0.4 is 4.90 Å². The number of benzene rings is 11. The number of fused-ring (bicyclic) bond motifs is 9. The lowest BCUT2D eigenvalue weighted by atomic mass is 9.68. The van der Waals surface area contributed by atoms with Gasteiger partial charge in [0.15, 0.2) is 0 Å². The first-order chi connectivity index (χ1) is 32.2. The summed E-state index contributed by atoms with van der Waals surface area (Å²) >= 11 is 0. The minimum absolute atomic E-state index is 0.524. The van der Waals surface area contributed by atoms with E-state index in [0.29, 0.717) is 0 Å². The summed E-state index contributed by atoms with van der Waals surface area (Å²) in [4.78, 5) is 2.47. The van der Waals surface area contributed by atoms with Gasteiger partial charge in [0.25, 0.3) is 0 Å². The van der Waals surface area contributed by atoms with E-state index in [1.165, 1.54) is 55.1 Å². The third kappa shape index (κ3) is 5.74. The summed E-state index contributed by atoms with van der Waals surface area (Å²) in [7, 11) is 0. The fraction of sp³-hybridized carbons (Fsp3) is 0.0159. The van der Waals surface area contributed by atoms with Crippen molar-refractivity contribution in [1.82, 2.24) is 0 Å². The van der Waals surface area contributed by atoms with Crippen LogP contribution in [-0.2, 0) is 5.41 Å². The van der Waals surface area contributed by atoms with Crippen molar-refractivity contribution in [3.8, 4) is 33.4 Å². The van der Waals surface area contributed by atoms with Crippen LogP contribution in [0.5, 0.6) is 0 Å². The first-order valence-electron chi connectivity index (χ1n) is 22.4. The Morgan fingerprint density at radius 3 is 1.78 bits per heavy atom. The Labute approximate surface area is 377 Å². The molecule has 1 heterocycles. The third-order valence-electron chi connectivity index (χ3n) is 13.7. The first kappa shape index (κ1) is 37.1. The molecular weight excluding hydrogens is 787 g/mol. The number of rotatable bonds is 7. The number of hydrogen-bond donors (Lipinski definition) is 0. The molecule has 11 aromatic carbocycles. The second-order valence-corrected chi connectivity index (χ2v) is 17.2. The maximum absolute atomic E-state index is 6.62. The largest absolute Gasteiger partial charge is 0.455 e. The molecule has 0 fully saturated rings. The number of furan rings is 1. The Balaban J connectivity index is 1.03. The van der Waals surface area contributed by atoms with Gasteiger partial charge in [-0.05, 0) is 115 Å². The molecule has 65 heavy (non-hydrogen) atoms. The maximum Gasteiger partial charge on any atom is 0.143 e. The molecule has 0 saturated heterocycles. The van der Waals surface area contributed by atoms with Gasteiger partial charge in [0.1, 0.15) is 11.2 Å². The van der Waals surface area contributed by atoms with Crippen molar-refractivity contribution in [2.45, 2.75) is 5.41 Å². The smallest absolute Gasteiger partial charge is 0.143 e. The monoisotopic (exact) mass is 827 g/mol. The van der Waals surface area contributed by atoms with Gasteiger partial charge in [-0.2, -0.15) is 0 Å². The van der Waals surface area contributed by atoms with Crippen LogP contribution in [0.4, 0.5) is 17.1 Å². The topological polar surface area (TPSA) is 16.4 Å². The SMILES string of the molecule is c1ccc(C2(c3ccccc3)c3ccccc3-c3c(N(c4ccc(-c5cccc6oc7c8ccccc8ccc7c56)cc4)c4cccc(-c5ccc6ccccc6c5)c4)cccc32)cc1. The lowest BCUT2D eigenvalue weighted by Crippen LogP contribution is -2.28. The van der Waals surface area contributed by atoms with Crippen molar-refractivity contribution in [1.29, 1.82) is 0 Å². The van der Waals surface area contributed by atoms with Crippen LogP contribution in [0.25, 0.3) is 76.9 Å². The highest BCUT2D eigenvalue weighted by Crippen LogP contribution is 2.59. The summed E-state index contributed by atoms with van der Waals surface area (Å²) in [5.41, 5.74) is 16.7. The van der Waals surface area contributed by atoms with Gasteiger partial charge in [0.05, 0.1) is 11.1 Å². The molecule has 0 atom stereocenters. The summed E-state index contributed by atoms with van der Waals surface area (Å²) in [5.74, 6) is 0. The zero-order chi connectivity index (χ0) is 42.9. The van der Waals surface area contributed by atoms with Gasteiger partial charge in [0.2, 0.25) is 0 Å². The van der Waals surface area contributed by atoms with Gasteiger partial charge in [-0.1, -0.05) is 200 Å². The summed E-state index contributed by atoms with van der Waals surface area (Å²) < 4.78 is 6.62. The van der Waals surface area contributed by atoms with Crippen molar-refractivity contribution in [2.75, 3.05) is 4.90 Å². The third-order valence-corrected chi connectivity index (χ3v) is 13.7. The zero-order valence-corrected chi connectivity index (χ0v) is 35.5. The standard InChI is InChI=1S/C63H41NO/c1-3-20-48(21-4-1)63(49-22-5-2-6-23-49)56-28-12-11-26-54(56)61-57(63)29-15-30-58(61)64(51-24-13-19-46(41-51)47-33-32-42-16-7-8-18-45(42)40-47)50-37-34-44(35-38-50)52-27-14-31-59-60(52)55-39-36-43-17-9-10-25-53(43)62(55)65-59/h1-41H. The highest BCUT2D eigenvalue weighted by Gasteiger charge is 2.47. The Morgan fingerprint density at radius 2 is 0.969 bits per heavy atom. The lowest BCUT2D eigenvalue weighted by Gasteiger charge is -2.34. The molecule has 1 aliphatic carbocycles. The van der Waals surface area contributed by atoms with Crippen LogP contribution >= 0.6 is 0 Å². The summed E-state index contributed by atoms with van der Waals surface area (Å²) in [6.07, 6.45) is 0. The van der Waals surface area contributed by atoms with Gasteiger partial charge in [-0.3, -0.25) is 0 Å². The predicted octanol–water partition coefficient (Wildman–Crippen LogP) is 17.1. The van der Waals surface area contributed by atoms with Gasteiger partial charge in [0, 0.05) is 33.1 Å². The van der Waals surface area contributed by atoms with Gasteiger partial charge < -0.3 is 9.32 Å². The molecule has 1 aliphatic rings. The average Bonchev–Trinajstić information content (AvgIpc) is 3.92. The van der Waals surface area contributed by atoms with Crippen molar-refractivity contribution < 1.29 is 4.42 Å². The summed E-state index contributed by atoms with van der Waals surface area (Å²) in [5, 5.41) is 7.03. The molecule has 0 spiro atoms. The molecule has 304 valence electrons. The molecule has 13 rings (SSSR count). The molecule has 2 nitrogen and oxygen atoms in total. The van der Waals surface area contributed by atoms with E-state index in [1.807, 2.05) is 0 Å². The molecule has 1 aromatic heterocycles. The van der Waals surface area contributed by atoms with E-state index in [4.69, 9.17) is 4.42 Å². The van der Waals surface area contributed by atoms with Crippen LogP contribution in [0, 0.1) is 0 Å². The maximum atomic E-state index is 6.62. The summed E-state index contributed by atoms with van der Waals surface area (Å²) in [6, 6.07) is 90.9. The van der Waals surface area contributed by atoms with Crippen molar-refractivity contribution in [3.05, 3.63) is 271 Å². The lowest BCUT2D eigenvalue weighted by molar-refractivity contribution is 0.673. The molecule has 0 amide bonds. The molecule has 0 radical (unpaired) electrons. The highest BCUT2D eigenvalue weighted by atomic mass is 16.3. The highest BCUT2D eigenvalue weighted by molar-refractivity contribution is 6.19. The van der Waals surface area contributed by atoms with Gasteiger partial charge in [-0.15, -0.1) is 0 Å². The normalized spacial score (nSPS) is 12.7. The van der Waals surface area contributed by atoms with Crippen molar-refractivity contribution in [2.24, 2.45) is 0 Å². The molecule has 0 saturated carbocycles. The average molecular weight is 828 g/mol. The van der Waals surface area contributed by atoms with E-state index in [1.54, 1.807) is 0 Å². The molecular formula is C63H41NO. The second kappa shape index (κ2) is 14.8. The fourth-order valence-corrected chi connectivity index (χ4v) is 10.9. The van der Waals surface area contributed by atoms with E-state index >= 15 is 0 Å². The van der Waals surface area contributed by atoms with Crippen LogP contribution in [0.15, 0.2) is 253 Å². The van der Waals surface area contributed by atoms with Gasteiger partial charge >= 0.3 is 0 Å². The van der Waals surface area contributed by atoms with E-state index < -0.39 is 5.41 Å². The molecule has 12 aromatic rings. The molecule has 0 aliphatic heterocycles. The molecule has 0 bridgehead atoms.